The van der Waals surface area contributed by atoms with Crippen molar-refractivity contribution in [3.63, 3.8) is 0 Å². The summed E-state index contributed by atoms with van der Waals surface area (Å²) in [6, 6.07) is 19.7. The zero-order chi connectivity index (χ0) is 17.6. The van der Waals surface area contributed by atoms with Gasteiger partial charge in [-0.05, 0) is 43.2 Å². The number of hydrogen-bond acceptors (Lipinski definition) is 4. The Bertz CT molecular complexity index is 864. The molecule has 0 unspecified atom stereocenters. The summed E-state index contributed by atoms with van der Waals surface area (Å²) in [5, 5.41) is 12.1. The smallest absolute Gasteiger partial charge is 0.234 e. The molecule has 1 amide bonds. The molecule has 5 heteroatoms. The molecule has 3 aromatic rings. The number of carbonyl (C=O) groups excluding carboxylic acids is 1. The third-order valence-electron chi connectivity index (χ3n) is 3.73. The quantitative estimate of drug-likeness (QED) is 0.690. The normalized spacial score (nSPS) is 10.5. The molecule has 0 aliphatic carbocycles. The second-order valence-electron chi connectivity index (χ2n) is 5.78. The van der Waals surface area contributed by atoms with Crippen molar-refractivity contribution in [2.24, 2.45) is 0 Å². The van der Waals surface area contributed by atoms with Gasteiger partial charge in [-0.3, -0.25) is 4.79 Å². The first-order valence-electron chi connectivity index (χ1n) is 8.01. The maximum atomic E-state index is 12.2. The highest BCUT2D eigenvalue weighted by Crippen LogP contribution is 2.21. The summed E-state index contributed by atoms with van der Waals surface area (Å²) >= 11 is 1.38. The van der Waals surface area contributed by atoms with Crippen LogP contribution in [0.15, 0.2) is 65.7 Å². The van der Waals surface area contributed by atoms with Crippen molar-refractivity contribution in [3.8, 4) is 11.3 Å². The molecule has 25 heavy (non-hydrogen) atoms. The molecule has 0 aliphatic rings. The second-order valence-corrected chi connectivity index (χ2v) is 6.77. The van der Waals surface area contributed by atoms with Crippen molar-refractivity contribution < 1.29 is 4.79 Å². The zero-order valence-electron chi connectivity index (χ0n) is 14.2. The Morgan fingerprint density at radius 2 is 1.80 bits per heavy atom. The number of benzene rings is 2. The minimum atomic E-state index is -0.0485. The number of rotatable bonds is 5. The van der Waals surface area contributed by atoms with E-state index in [0.717, 1.165) is 33.1 Å². The van der Waals surface area contributed by atoms with Gasteiger partial charge in [0.1, 0.15) is 5.03 Å². The predicted octanol–water partition coefficient (Wildman–Crippen LogP) is 4.49. The van der Waals surface area contributed by atoms with E-state index in [4.69, 9.17) is 0 Å². The van der Waals surface area contributed by atoms with Gasteiger partial charge in [-0.1, -0.05) is 54.2 Å². The highest BCUT2D eigenvalue weighted by Gasteiger charge is 2.07. The summed E-state index contributed by atoms with van der Waals surface area (Å²) in [5.41, 5.74) is 4.88. The van der Waals surface area contributed by atoms with Crippen molar-refractivity contribution in [3.05, 3.63) is 71.8 Å². The zero-order valence-corrected chi connectivity index (χ0v) is 15.0. The Hall–Kier alpha value is -2.66. The summed E-state index contributed by atoms with van der Waals surface area (Å²) in [7, 11) is 0. The van der Waals surface area contributed by atoms with Gasteiger partial charge in [0.05, 0.1) is 11.4 Å². The van der Waals surface area contributed by atoms with E-state index in [1.165, 1.54) is 11.8 Å². The lowest BCUT2D eigenvalue weighted by atomic mass is 10.1. The second kappa shape index (κ2) is 7.94. The fourth-order valence-corrected chi connectivity index (χ4v) is 2.97. The van der Waals surface area contributed by atoms with Crippen LogP contribution in [0.2, 0.25) is 0 Å². The first-order chi connectivity index (χ1) is 12.1. The molecule has 1 heterocycles. The average molecular weight is 349 g/mol. The lowest BCUT2D eigenvalue weighted by Crippen LogP contribution is -2.15. The van der Waals surface area contributed by atoms with Crippen LogP contribution in [0.3, 0.4) is 0 Å². The fraction of sp³-hybridized carbons (Fsp3) is 0.150. The number of amides is 1. The molecule has 0 bridgehead atoms. The summed E-state index contributed by atoms with van der Waals surface area (Å²) in [6.45, 7) is 3.99. The van der Waals surface area contributed by atoms with Crippen molar-refractivity contribution in [2.75, 3.05) is 11.1 Å². The maximum absolute atomic E-state index is 12.2. The van der Waals surface area contributed by atoms with E-state index in [0.29, 0.717) is 5.75 Å². The predicted molar refractivity (Wildman–Crippen MR) is 103 cm³/mol. The van der Waals surface area contributed by atoms with Crippen LogP contribution >= 0.6 is 11.8 Å². The van der Waals surface area contributed by atoms with Gasteiger partial charge in [-0.25, -0.2) is 0 Å². The van der Waals surface area contributed by atoms with Gasteiger partial charge in [0, 0.05) is 11.3 Å². The van der Waals surface area contributed by atoms with Crippen LogP contribution in [0.1, 0.15) is 11.1 Å². The molecule has 1 aromatic heterocycles. The summed E-state index contributed by atoms with van der Waals surface area (Å²) < 4.78 is 0. The Morgan fingerprint density at radius 1 is 1.00 bits per heavy atom. The van der Waals surface area contributed by atoms with Crippen LogP contribution in [0, 0.1) is 13.8 Å². The Balaban J connectivity index is 1.58. The van der Waals surface area contributed by atoms with Crippen molar-refractivity contribution in [2.45, 2.75) is 18.9 Å². The highest BCUT2D eigenvalue weighted by atomic mass is 32.2. The van der Waals surface area contributed by atoms with Crippen LogP contribution in [-0.2, 0) is 4.79 Å². The van der Waals surface area contributed by atoms with Crippen LogP contribution < -0.4 is 5.32 Å². The van der Waals surface area contributed by atoms with E-state index in [1.54, 1.807) is 0 Å². The van der Waals surface area contributed by atoms with E-state index in [2.05, 4.69) is 15.5 Å². The van der Waals surface area contributed by atoms with Gasteiger partial charge in [0.2, 0.25) is 5.91 Å². The van der Waals surface area contributed by atoms with Crippen molar-refractivity contribution in [1.29, 1.82) is 0 Å². The minimum Gasteiger partial charge on any atom is -0.325 e. The standard InChI is InChI=1S/C20H19N3OS/c1-14-8-9-15(2)18(12-14)21-19(24)13-25-20-11-10-17(22-23-20)16-6-4-3-5-7-16/h3-12H,13H2,1-2H3,(H,21,24). The van der Waals surface area contributed by atoms with Gasteiger partial charge in [-0.15, -0.1) is 10.2 Å². The number of thioether (sulfide) groups is 1. The largest absolute Gasteiger partial charge is 0.325 e. The van der Waals surface area contributed by atoms with E-state index in [9.17, 15) is 4.79 Å². The van der Waals surface area contributed by atoms with E-state index in [-0.39, 0.29) is 5.91 Å². The van der Waals surface area contributed by atoms with Crippen LogP contribution in [0.5, 0.6) is 0 Å². The van der Waals surface area contributed by atoms with E-state index >= 15 is 0 Å². The number of aryl methyl sites for hydroxylation is 2. The van der Waals surface area contributed by atoms with Gasteiger partial charge in [0.15, 0.2) is 0 Å². The molecule has 0 saturated heterocycles. The third kappa shape index (κ3) is 4.67. The highest BCUT2D eigenvalue weighted by molar-refractivity contribution is 7.99. The lowest BCUT2D eigenvalue weighted by Gasteiger charge is -2.09. The van der Waals surface area contributed by atoms with Gasteiger partial charge in [0.25, 0.3) is 0 Å². The first kappa shape index (κ1) is 17.2. The van der Waals surface area contributed by atoms with Gasteiger partial charge < -0.3 is 5.32 Å². The molecule has 0 radical (unpaired) electrons. The third-order valence-corrected chi connectivity index (χ3v) is 4.65. The number of carbonyl (C=O) groups is 1. The molecule has 0 aliphatic heterocycles. The number of nitrogens with zero attached hydrogens (tertiary/aromatic N) is 2. The van der Waals surface area contributed by atoms with Crippen LogP contribution in [0.4, 0.5) is 5.69 Å². The van der Waals surface area contributed by atoms with Crippen molar-refractivity contribution >= 4 is 23.4 Å². The number of nitrogens with one attached hydrogen (secondary N) is 1. The minimum absolute atomic E-state index is 0.0485. The topological polar surface area (TPSA) is 54.9 Å². The molecule has 126 valence electrons. The monoisotopic (exact) mass is 349 g/mol. The molecule has 3 rings (SSSR count). The van der Waals surface area contributed by atoms with Crippen LogP contribution in [0.25, 0.3) is 11.3 Å². The Labute approximate surface area is 151 Å². The molecule has 0 fully saturated rings. The first-order valence-corrected chi connectivity index (χ1v) is 8.99. The summed E-state index contributed by atoms with van der Waals surface area (Å²) in [6.07, 6.45) is 0. The number of anilines is 1. The number of aromatic nitrogens is 2. The Kier molecular flexibility index (Phi) is 5.46. The van der Waals surface area contributed by atoms with Gasteiger partial charge >= 0.3 is 0 Å². The van der Waals surface area contributed by atoms with E-state index in [1.807, 2.05) is 74.5 Å². The van der Waals surface area contributed by atoms with Gasteiger partial charge in [-0.2, -0.15) is 0 Å². The summed E-state index contributed by atoms with van der Waals surface area (Å²) in [5.74, 6) is 0.250. The lowest BCUT2D eigenvalue weighted by molar-refractivity contribution is -0.113. The molecule has 2 aromatic carbocycles. The molecule has 4 nitrogen and oxygen atoms in total. The molecule has 0 spiro atoms. The van der Waals surface area contributed by atoms with Crippen molar-refractivity contribution in [1.82, 2.24) is 10.2 Å². The molecule has 0 saturated carbocycles. The van der Waals surface area contributed by atoms with Crippen LogP contribution in [-0.4, -0.2) is 21.9 Å². The number of hydrogen-bond donors (Lipinski definition) is 1. The fourth-order valence-electron chi connectivity index (χ4n) is 2.36. The molecular weight excluding hydrogens is 330 g/mol. The Morgan fingerprint density at radius 3 is 2.52 bits per heavy atom. The molecule has 1 N–H and O–H groups in total. The average Bonchev–Trinajstić information content (AvgIpc) is 2.64. The maximum Gasteiger partial charge on any atom is 0.234 e. The summed E-state index contributed by atoms with van der Waals surface area (Å²) in [4.78, 5) is 12.2. The molecular formula is C20H19N3OS. The van der Waals surface area contributed by atoms with E-state index < -0.39 is 0 Å². The SMILES string of the molecule is Cc1ccc(C)c(NC(=O)CSc2ccc(-c3ccccc3)nn2)c1. The molecule has 0 atom stereocenters.